The van der Waals surface area contributed by atoms with E-state index in [4.69, 9.17) is 9.47 Å². The van der Waals surface area contributed by atoms with Gasteiger partial charge in [0, 0.05) is 25.1 Å². The Morgan fingerprint density at radius 1 is 1.26 bits per heavy atom. The van der Waals surface area contributed by atoms with Crippen molar-refractivity contribution in [2.24, 2.45) is 0 Å². The van der Waals surface area contributed by atoms with Gasteiger partial charge in [-0.3, -0.25) is 0 Å². The number of hydrogen-bond acceptors (Lipinski definition) is 6. The number of anilines is 1. The van der Waals surface area contributed by atoms with Crippen LogP contribution in [0.3, 0.4) is 0 Å². The molecule has 0 saturated carbocycles. The molecule has 0 saturated heterocycles. The summed E-state index contributed by atoms with van der Waals surface area (Å²) < 4.78 is 15.3. The maximum atomic E-state index is 5.59. The summed E-state index contributed by atoms with van der Waals surface area (Å²) in [5, 5.41) is 0.924. The number of aryl methyl sites for hydroxylation is 1. The summed E-state index contributed by atoms with van der Waals surface area (Å²) in [6.45, 7) is 3.90. The van der Waals surface area contributed by atoms with E-state index in [0.29, 0.717) is 13.2 Å². The second-order valence-electron chi connectivity index (χ2n) is 4.46. The largest absolute Gasteiger partial charge is 0.486 e. The Hall–Kier alpha value is -1.82. The van der Waals surface area contributed by atoms with Crippen molar-refractivity contribution in [2.45, 2.75) is 13.5 Å². The number of hydrogen-bond donors (Lipinski definition) is 0. The van der Waals surface area contributed by atoms with Gasteiger partial charge in [0.1, 0.15) is 19.0 Å². The van der Waals surface area contributed by atoms with E-state index in [2.05, 4.69) is 20.3 Å². The fraction of sp³-hybridized carbons (Fsp3) is 0.385. The minimum Gasteiger partial charge on any atom is -0.486 e. The standard InChI is InChI=1S/C13H15N3O2S/c1-9-14-13(19-15-9)16(2)8-10-3-4-11-12(7-10)18-6-5-17-11/h3-4,7H,5-6,8H2,1-2H3. The lowest BCUT2D eigenvalue weighted by atomic mass is 10.2. The van der Waals surface area contributed by atoms with Crippen LogP contribution < -0.4 is 14.4 Å². The van der Waals surface area contributed by atoms with Crippen LogP contribution in [0.1, 0.15) is 11.4 Å². The Labute approximate surface area is 116 Å². The van der Waals surface area contributed by atoms with E-state index in [1.54, 1.807) is 0 Å². The first-order valence-corrected chi connectivity index (χ1v) is 6.90. The topological polar surface area (TPSA) is 47.5 Å². The predicted molar refractivity (Wildman–Crippen MR) is 74.2 cm³/mol. The lowest BCUT2D eigenvalue weighted by molar-refractivity contribution is 0.171. The molecule has 0 amide bonds. The van der Waals surface area contributed by atoms with Crippen LogP contribution in [0, 0.1) is 6.92 Å². The van der Waals surface area contributed by atoms with Gasteiger partial charge in [-0.1, -0.05) is 6.07 Å². The molecular formula is C13H15N3O2S. The van der Waals surface area contributed by atoms with Crippen molar-refractivity contribution in [3.63, 3.8) is 0 Å². The molecule has 0 atom stereocenters. The van der Waals surface area contributed by atoms with Crippen molar-refractivity contribution in [1.82, 2.24) is 9.36 Å². The van der Waals surface area contributed by atoms with Crippen LogP contribution in [0.25, 0.3) is 0 Å². The van der Waals surface area contributed by atoms with Gasteiger partial charge in [-0.15, -0.1) is 0 Å². The van der Waals surface area contributed by atoms with E-state index >= 15 is 0 Å². The highest BCUT2D eigenvalue weighted by Gasteiger charge is 2.13. The Morgan fingerprint density at radius 2 is 2.05 bits per heavy atom. The average molecular weight is 277 g/mol. The molecule has 0 unspecified atom stereocenters. The summed E-state index contributed by atoms with van der Waals surface area (Å²) in [5.41, 5.74) is 1.17. The smallest absolute Gasteiger partial charge is 0.205 e. The third kappa shape index (κ3) is 2.63. The van der Waals surface area contributed by atoms with Crippen LogP contribution in [-0.4, -0.2) is 29.6 Å². The zero-order valence-electron chi connectivity index (χ0n) is 10.9. The van der Waals surface area contributed by atoms with E-state index < -0.39 is 0 Å². The summed E-state index contributed by atoms with van der Waals surface area (Å²) in [6, 6.07) is 6.04. The van der Waals surface area contributed by atoms with Crippen molar-refractivity contribution in [3.05, 3.63) is 29.6 Å². The van der Waals surface area contributed by atoms with Gasteiger partial charge >= 0.3 is 0 Å². The lowest BCUT2D eigenvalue weighted by Crippen LogP contribution is -2.18. The molecule has 0 N–H and O–H groups in total. The van der Waals surface area contributed by atoms with Crippen molar-refractivity contribution >= 4 is 16.7 Å². The summed E-state index contributed by atoms with van der Waals surface area (Å²) in [6.07, 6.45) is 0. The Morgan fingerprint density at radius 3 is 2.79 bits per heavy atom. The molecule has 2 heterocycles. The van der Waals surface area contributed by atoms with Crippen LogP contribution >= 0.6 is 11.5 Å². The van der Waals surface area contributed by atoms with Crippen LogP contribution in [0.2, 0.25) is 0 Å². The van der Waals surface area contributed by atoms with Gasteiger partial charge in [0.15, 0.2) is 11.5 Å². The first-order valence-electron chi connectivity index (χ1n) is 6.12. The lowest BCUT2D eigenvalue weighted by Gasteiger charge is -2.20. The SMILES string of the molecule is Cc1nsc(N(C)Cc2ccc3c(c2)OCCO3)n1. The maximum absolute atomic E-state index is 5.59. The van der Waals surface area contributed by atoms with E-state index in [9.17, 15) is 0 Å². The molecule has 0 bridgehead atoms. The van der Waals surface area contributed by atoms with Crippen molar-refractivity contribution < 1.29 is 9.47 Å². The van der Waals surface area contributed by atoms with E-state index in [1.807, 2.05) is 26.1 Å². The minimum absolute atomic E-state index is 0.613. The molecule has 3 rings (SSSR count). The molecular weight excluding hydrogens is 262 g/mol. The Kier molecular flexibility index (Phi) is 3.25. The summed E-state index contributed by atoms with van der Waals surface area (Å²) in [5.74, 6) is 2.46. The number of ether oxygens (including phenoxy) is 2. The molecule has 6 heteroatoms. The number of aromatic nitrogens is 2. The van der Waals surface area contributed by atoms with Gasteiger partial charge in [0.25, 0.3) is 0 Å². The van der Waals surface area contributed by atoms with Crippen LogP contribution in [-0.2, 0) is 6.54 Å². The Bertz CT molecular complexity index is 585. The van der Waals surface area contributed by atoms with E-state index in [-0.39, 0.29) is 0 Å². The molecule has 1 aliphatic heterocycles. The first kappa shape index (κ1) is 12.2. The van der Waals surface area contributed by atoms with Crippen molar-refractivity contribution in [2.75, 3.05) is 25.2 Å². The predicted octanol–water partition coefficient (Wildman–Crippen LogP) is 2.25. The van der Waals surface area contributed by atoms with Gasteiger partial charge in [0.2, 0.25) is 5.13 Å². The molecule has 19 heavy (non-hydrogen) atoms. The quantitative estimate of drug-likeness (QED) is 0.861. The fourth-order valence-electron chi connectivity index (χ4n) is 1.97. The molecule has 2 aromatic rings. The second kappa shape index (κ2) is 5.05. The molecule has 1 aliphatic rings. The molecule has 1 aromatic carbocycles. The van der Waals surface area contributed by atoms with Crippen molar-refractivity contribution in [1.29, 1.82) is 0 Å². The van der Waals surface area contributed by atoms with E-state index in [1.165, 1.54) is 17.1 Å². The molecule has 0 fully saturated rings. The summed E-state index contributed by atoms with van der Waals surface area (Å²) in [4.78, 5) is 6.45. The maximum Gasteiger partial charge on any atom is 0.205 e. The number of rotatable bonds is 3. The van der Waals surface area contributed by atoms with Crippen LogP contribution in [0.4, 0.5) is 5.13 Å². The van der Waals surface area contributed by atoms with Crippen LogP contribution in [0.5, 0.6) is 11.5 Å². The second-order valence-corrected chi connectivity index (χ2v) is 5.19. The van der Waals surface area contributed by atoms with Gasteiger partial charge in [0.05, 0.1) is 0 Å². The van der Waals surface area contributed by atoms with Gasteiger partial charge < -0.3 is 14.4 Å². The molecule has 0 radical (unpaired) electrons. The highest BCUT2D eigenvalue weighted by atomic mass is 32.1. The van der Waals surface area contributed by atoms with Crippen LogP contribution in [0.15, 0.2) is 18.2 Å². The minimum atomic E-state index is 0.613. The molecule has 5 nitrogen and oxygen atoms in total. The third-order valence-corrected chi connectivity index (χ3v) is 3.79. The third-order valence-electron chi connectivity index (χ3n) is 2.87. The highest BCUT2D eigenvalue weighted by molar-refractivity contribution is 7.09. The van der Waals surface area contributed by atoms with Gasteiger partial charge in [-0.2, -0.15) is 4.37 Å². The molecule has 0 spiro atoms. The van der Waals surface area contributed by atoms with Gasteiger partial charge in [-0.25, -0.2) is 4.98 Å². The molecule has 1 aromatic heterocycles. The highest BCUT2D eigenvalue weighted by Crippen LogP contribution is 2.31. The van der Waals surface area contributed by atoms with E-state index in [0.717, 1.165) is 29.0 Å². The zero-order chi connectivity index (χ0) is 13.2. The zero-order valence-corrected chi connectivity index (χ0v) is 11.7. The van der Waals surface area contributed by atoms with Gasteiger partial charge in [-0.05, 0) is 24.6 Å². The number of fused-ring (bicyclic) bond motifs is 1. The summed E-state index contributed by atoms with van der Waals surface area (Å²) >= 11 is 1.41. The number of benzene rings is 1. The van der Waals surface area contributed by atoms with Crippen molar-refractivity contribution in [3.8, 4) is 11.5 Å². The molecule has 100 valence electrons. The summed E-state index contributed by atoms with van der Waals surface area (Å²) in [7, 11) is 2.01. The fourth-order valence-corrected chi connectivity index (χ4v) is 2.60. The molecule has 0 aliphatic carbocycles. The normalized spacial score (nSPS) is 13.4. The monoisotopic (exact) mass is 277 g/mol. The number of nitrogens with zero attached hydrogens (tertiary/aromatic N) is 3. The first-order chi connectivity index (χ1) is 9.22. The average Bonchev–Trinajstić information content (AvgIpc) is 2.85. The Balaban J connectivity index is 1.76.